The number of ether oxygens (including phenoxy) is 1. The molecular weight excluding hydrogens is 251 g/mol. The van der Waals surface area contributed by atoms with Crippen molar-refractivity contribution in [2.24, 2.45) is 0 Å². The first-order valence-corrected chi connectivity index (χ1v) is 4.04. The van der Waals surface area contributed by atoms with Gasteiger partial charge in [-0.3, -0.25) is 4.79 Å². The maximum absolute atomic E-state index is 12.3. The molecular formula is C8H5F5N2O2. The van der Waals surface area contributed by atoms with Crippen molar-refractivity contribution in [1.82, 2.24) is 4.98 Å². The summed E-state index contributed by atoms with van der Waals surface area (Å²) in [4.78, 5) is 13.4. The lowest BCUT2D eigenvalue weighted by atomic mass is 10.2. The van der Waals surface area contributed by atoms with Crippen LogP contribution < -0.4 is 10.5 Å². The first kappa shape index (κ1) is 13.1. The van der Waals surface area contributed by atoms with Gasteiger partial charge in [0, 0.05) is 5.56 Å². The molecule has 94 valence electrons. The normalized spacial score (nSPS) is 11.6. The van der Waals surface area contributed by atoms with E-state index in [4.69, 9.17) is 5.73 Å². The van der Waals surface area contributed by atoms with E-state index < -0.39 is 35.6 Å². The lowest BCUT2D eigenvalue weighted by Crippen LogP contribution is -2.19. The highest BCUT2D eigenvalue weighted by molar-refractivity contribution is 5.78. The Morgan fingerprint density at radius 2 is 2.00 bits per heavy atom. The van der Waals surface area contributed by atoms with Gasteiger partial charge in [-0.15, -0.1) is 13.2 Å². The highest BCUT2D eigenvalue weighted by Gasteiger charge is 2.33. The van der Waals surface area contributed by atoms with Gasteiger partial charge in [-0.1, -0.05) is 0 Å². The van der Waals surface area contributed by atoms with Crippen LogP contribution in [0.2, 0.25) is 0 Å². The lowest BCUT2D eigenvalue weighted by molar-refractivity contribution is -0.274. The molecule has 0 unspecified atom stereocenters. The van der Waals surface area contributed by atoms with E-state index in [9.17, 15) is 26.7 Å². The Labute approximate surface area is 91.2 Å². The number of anilines is 1. The summed E-state index contributed by atoms with van der Waals surface area (Å²) in [5, 5.41) is 0. The highest BCUT2D eigenvalue weighted by Crippen LogP contribution is 2.31. The molecule has 0 saturated carbocycles. The van der Waals surface area contributed by atoms with Gasteiger partial charge in [0.05, 0.1) is 0 Å². The Balaban J connectivity index is 3.23. The summed E-state index contributed by atoms with van der Waals surface area (Å²) in [6, 6.07) is 0.463. The highest BCUT2D eigenvalue weighted by atomic mass is 19.4. The molecule has 0 aliphatic rings. The molecule has 17 heavy (non-hydrogen) atoms. The molecule has 1 aromatic heterocycles. The van der Waals surface area contributed by atoms with Gasteiger partial charge < -0.3 is 10.5 Å². The third kappa shape index (κ3) is 3.26. The van der Waals surface area contributed by atoms with Gasteiger partial charge in [0.25, 0.3) is 6.43 Å². The van der Waals surface area contributed by atoms with E-state index in [2.05, 4.69) is 9.72 Å². The first-order chi connectivity index (χ1) is 7.74. The SMILES string of the molecule is Nc1nc(C(F)F)c(C=O)cc1OC(F)(F)F. The van der Waals surface area contributed by atoms with Gasteiger partial charge in [-0.05, 0) is 6.07 Å². The average molecular weight is 256 g/mol. The number of aldehydes is 1. The number of nitrogen functional groups attached to an aromatic ring is 1. The second kappa shape index (κ2) is 4.52. The van der Waals surface area contributed by atoms with Gasteiger partial charge >= 0.3 is 6.36 Å². The second-order valence-corrected chi connectivity index (χ2v) is 2.81. The Morgan fingerprint density at radius 3 is 2.41 bits per heavy atom. The van der Waals surface area contributed by atoms with E-state index in [0.29, 0.717) is 6.07 Å². The van der Waals surface area contributed by atoms with Crippen molar-refractivity contribution in [1.29, 1.82) is 0 Å². The fraction of sp³-hybridized carbons (Fsp3) is 0.250. The standard InChI is InChI=1S/C8H5F5N2O2/c9-6(10)5-3(2-16)1-4(7(14)15-5)17-8(11,12)13/h1-2,6H,(H2,14,15). The molecule has 0 radical (unpaired) electrons. The van der Waals surface area contributed by atoms with Crippen molar-refractivity contribution < 1.29 is 31.5 Å². The van der Waals surface area contributed by atoms with E-state index in [1.54, 1.807) is 0 Å². The third-order valence-corrected chi connectivity index (χ3v) is 1.64. The number of aromatic nitrogens is 1. The molecule has 0 bridgehead atoms. The molecule has 0 spiro atoms. The average Bonchev–Trinajstić information content (AvgIpc) is 2.18. The van der Waals surface area contributed by atoms with Crippen LogP contribution in [0.15, 0.2) is 6.07 Å². The van der Waals surface area contributed by atoms with Gasteiger partial charge in [0.2, 0.25) is 0 Å². The first-order valence-electron chi connectivity index (χ1n) is 4.04. The summed E-state index contributed by atoms with van der Waals surface area (Å²) in [7, 11) is 0. The van der Waals surface area contributed by atoms with Crippen LogP contribution in [0.1, 0.15) is 22.5 Å². The van der Waals surface area contributed by atoms with Gasteiger partial charge in [-0.25, -0.2) is 13.8 Å². The Hall–Kier alpha value is -1.93. The number of rotatable bonds is 3. The minimum absolute atomic E-state index is 0.0584. The van der Waals surface area contributed by atoms with E-state index in [1.807, 2.05) is 0 Å². The molecule has 0 aliphatic carbocycles. The van der Waals surface area contributed by atoms with Crippen molar-refractivity contribution in [2.75, 3.05) is 5.73 Å². The number of nitrogens with two attached hydrogens (primary N) is 1. The molecule has 4 nitrogen and oxygen atoms in total. The smallest absolute Gasteiger partial charge is 0.402 e. The van der Waals surface area contributed by atoms with Crippen LogP contribution in [-0.4, -0.2) is 17.6 Å². The molecule has 0 amide bonds. The molecule has 1 rings (SSSR count). The number of carbonyl (C=O) groups is 1. The van der Waals surface area contributed by atoms with Crippen molar-refractivity contribution in [3.63, 3.8) is 0 Å². The molecule has 0 saturated heterocycles. The van der Waals surface area contributed by atoms with Crippen LogP contribution in [-0.2, 0) is 0 Å². The molecule has 1 aromatic rings. The van der Waals surface area contributed by atoms with Crippen LogP contribution in [0.25, 0.3) is 0 Å². The lowest BCUT2D eigenvalue weighted by Gasteiger charge is -2.12. The molecule has 0 atom stereocenters. The number of pyridine rings is 1. The zero-order valence-corrected chi connectivity index (χ0v) is 7.96. The van der Waals surface area contributed by atoms with Crippen molar-refractivity contribution in [2.45, 2.75) is 12.8 Å². The van der Waals surface area contributed by atoms with Gasteiger partial charge in [0.1, 0.15) is 5.69 Å². The molecule has 0 fully saturated rings. The van der Waals surface area contributed by atoms with Crippen LogP contribution in [0.5, 0.6) is 5.75 Å². The van der Waals surface area contributed by atoms with Crippen molar-refractivity contribution >= 4 is 12.1 Å². The van der Waals surface area contributed by atoms with Crippen LogP contribution in [0.4, 0.5) is 27.8 Å². The minimum atomic E-state index is -5.05. The summed E-state index contributed by atoms with van der Waals surface area (Å²) < 4.78 is 63.7. The van der Waals surface area contributed by atoms with Gasteiger partial charge in [0.15, 0.2) is 17.9 Å². The van der Waals surface area contributed by atoms with Crippen molar-refractivity contribution in [3.05, 3.63) is 17.3 Å². The molecule has 0 aliphatic heterocycles. The predicted molar refractivity (Wildman–Crippen MR) is 45.7 cm³/mol. The monoisotopic (exact) mass is 256 g/mol. The molecule has 1 heterocycles. The Kier molecular flexibility index (Phi) is 3.49. The van der Waals surface area contributed by atoms with Crippen molar-refractivity contribution in [3.8, 4) is 5.75 Å². The van der Waals surface area contributed by atoms with Crippen LogP contribution in [0.3, 0.4) is 0 Å². The fourth-order valence-corrected chi connectivity index (χ4v) is 1.01. The van der Waals surface area contributed by atoms with Crippen LogP contribution in [0, 0.1) is 0 Å². The zero-order chi connectivity index (χ0) is 13.2. The molecule has 2 N–H and O–H groups in total. The second-order valence-electron chi connectivity index (χ2n) is 2.81. The maximum atomic E-state index is 12.3. The number of nitrogens with zero attached hydrogens (tertiary/aromatic N) is 1. The maximum Gasteiger partial charge on any atom is 0.573 e. The zero-order valence-electron chi connectivity index (χ0n) is 7.96. The number of alkyl halides is 5. The number of hydrogen-bond donors (Lipinski definition) is 1. The quantitative estimate of drug-likeness (QED) is 0.665. The summed E-state index contributed by atoms with van der Waals surface area (Å²) in [6.07, 6.45) is -8.24. The Morgan fingerprint density at radius 1 is 1.41 bits per heavy atom. The minimum Gasteiger partial charge on any atom is -0.402 e. The van der Waals surface area contributed by atoms with Gasteiger partial charge in [-0.2, -0.15) is 0 Å². The van der Waals surface area contributed by atoms with E-state index in [1.165, 1.54) is 0 Å². The largest absolute Gasteiger partial charge is 0.573 e. The van der Waals surface area contributed by atoms with E-state index in [0.717, 1.165) is 0 Å². The predicted octanol–water partition coefficient (Wildman–Crippen LogP) is 2.31. The van der Waals surface area contributed by atoms with E-state index >= 15 is 0 Å². The topological polar surface area (TPSA) is 65.2 Å². The summed E-state index contributed by atoms with van der Waals surface area (Å²) in [5.74, 6) is -1.87. The Bertz CT molecular complexity index is 433. The molecule has 9 heteroatoms. The number of halogens is 5. The fourth-order valence-electron chi connectivity index (χ4n) is 1.01. The third-order valence-electron chi connectivity index (χ3n) is 1.64. The summed E-state index contributed by atoms with van der Waals surface area (Å²) in [6.45, 7) is 0. The molecule has 0 aromatic carbocycles. The number of hydrogen-bond acceptors (Lipinski definition) is 4. The summed E-state index contributed by atoms with van der Waals surface area (Å²) in [5.41, 5.74) is 3.30. The number of carbonyl (C=O) groups excluding carboxylic acids is 1. The van der Waals surface area contributed by atoms with Crippen LogP contribution >= 0.6 is 0 Å². The summed E-state index contributed by atoms with van der Waals surface area (Å²) >= 11 is 0. The van der Waals surface area contributed by atoms with E-state index in [-0.39, 0.29) is 6.29 Å².